The van der Waals surface area contributed by atoms with Crippen molar-refractivity contribution in [3.05, 3.63) is 78.4 Å². The second kappa shape index (κ2) is 8.97. The molecule has 172 valence electrons. The summed E-state index contributed by atoms with van der Waals surface area (Å²) in [6.07, 6.45) is -4.77. The highest BCUT2D eigenvalue weighted by Crippen LogP contribution is 2.32. The first-order chi connectivity index (χ1) is 15.3. The van der Waals surface area contributed by atoms with Crippen LogP contribution in [0.5, 0.6) is 5.75 Å². The van der Waals surface area contributed by atoms with Gasteiger partial charge < -0.3 is 9.84 Å². The first-order valence-electron chi connectivity index (χ1n) is 9.99. The lowest BCUT2D eigenvalue weighted by Gasteiger charge is -2.24. The summed E-state index contributed by atoms with van der Waals surface area (Å²) in [5, 5.41) is 9.31. The number of rotatable bonds is 4. The predicted molar refractivity (Wildman–Crippen MR) is 118 cm³/mol. The molecule has 0 spiro atoms. The zero-order valence-electron chi connectivity index (χ0n) is 18.2. The summed E-state index contributed by atoms with van der Waals surface area (Å²) in [4.78, 5) is 25.0. The van der Waals surface area contributed by atoms with Crippen molar-refractivity contribution in [1.82, 2.24) is 0 Å². The Morgan fingerprint density at radius 1 is 0.758 bits per heavy atom. The number of carboxylic acid groups (broad SMARTS) is 1. The Labute approximate surface area is 189 Å². The molecule has 0 saturated carbocycles. The summed E-state index contributed by atoms with van der Waals surface area (Å²) >= 11 is 0. The maximum absolute atomic E-state index is 12.5. The fourth-order valence-corrected chi connectivity index (χ4v) is 3.24. The molecule has 8 heteroatoms. The van der Waals surface area contributed by atoms with Gasteiger partial charge in [0.05, 0.1) is 0 Å². The van der Waals surface area contributed by atoms with E-state index in [2.05, 4.69) is 4.74 Å². The quantitative estimate of drug-likeness (QED) is 0.467. The van der Waals surface area contributed by atoms with Crippen LogP contribution >= 0.6 is 0 Å². The van der Waals surface area contributed by atoms with Crippen LogP contribution in [0, 0.1) is 0 Å². The summed E-state index contributed by atoms with van der Waals surface area (Å²) in [6, 6.07) is 18.9. The highest BCUT2D eigenvalue weighted by Gasteiger charge is 2.31. The minimum absolute atomic E-state index is 0.109. The highest BCUT2D eigenvalue weighted by atomic mass is 19.4. The van der Waals surface area contributed by atoms with Crippen LogP contribution in [0.4, 0.5) is 24.5 Å². The molecule has 1 amide bonds. The fourth-order valence-electron chi connectivity index (χ4n) is 3.24. The molecule has 33 heavy (non-hydrogen) atoms. The van der Waals surface area contributed by atoms with E-state index in [4.69, 9.17) is 0 Å². The van der Waals surface area contributed by atoms with Crippen LogP contribution in [0.15, 0.2) is 72.8 Å². The third-order valence-corrected chi connectivity index (χ3v) is 4.92. The lowest BCUT2D eigenvalue weighted by Crippen LogP contribution is -2.32. The summed E-state index contributed by atoms with van der Waals surface area (Å²) in [7, 11) is 0. The second-order valence-electron chi connectivity index (χ2n) is 8.36. The average Bonchev–Trinajstić information content (AvgIpc) is 2.73. The Bertz CT molecular complexity index is 1130. The number of hydrogen-bond donors (Lipinski definition) is 1. The van der Waals surface area contributed by atoms with Gasteiger partial charge in [-0.25, -0.2) is 4.79 Å². The van der Waals surface area contributed by atoms with Gasteiger partial charge in [0.25, 0.3) is 0 Å². The lowest BCUT2D eigenvalue weighted by molar-refractivity contribution is -0.274. The van der Waals surface area contributed by atoms with Gasteiger partial charge in [-0.3, -0.25) is 9.69 Å². The molecule has 3 rings (SSSR count). The molecule has 1 N–H and O–H groups in total. The van der Waals surface area contributed by atoms with Gasteiger partial charge in [-0.15, -0.1) is 13.2 Å². The van der Waals surface area contributed by atoms with Crippen LogP contribution in [-0.2, 0) is 15.0 Å². The number of nitrogens with zero attached hydrogens (tertiary/aromatic N) is 1. The molecule has 0 heterocycles. The number of anilines is 2. The van der Waals surface area contributed by atoms with Crippen LogP contribution in [0.25, 0.3) is 11.1 Å². The van der Waals surface area contributed by atoms with Crippen LogP contribution in [0.2, 0.25) is 0 Å². The van der Waals surface area contributed by atoms with Crippen LogP contribution in [0.1, 0.15) is 26.3 Å². The smallest absolute Gasteiger partial charge is 0.474 e. The Hall–Kier alpha value is -3.81. The largest absolute Gasteiger partial charge is 0.573 e. The molecule has 0 bridgehead atoms. The molecule has 3 aromatic carbocycles. The van der Waals surface area contributed by atoms with Gasteiger partial charge in [0.2, 0.25) is 0 Å². The Morgan fingerprint density at radius 3 is 1.58 bits per heavy atom. The third-order valence-electron chi connectivity index (χ3n) is 4.92. The Balaban J connectivity index is 1.90. The van der Waals surface area contributed by atoms with Crippen LogP contribution in [0.3, 0.4) is 0 Å². The minimum Gasteiger partial charge on any atom is -0.474 e. The van der Waals surface area contributed by atoms with E-state index in [-0.39, 0.29) is 11.2 Å². The van der Waals surface area contributed by atoms with Gasteiger partial charge in [0, 0.05) is 11.4 Å². The topological polar surface area (TPSA) is 66.8 Å². The number of amides is 1. The molecular formula is C25H22F3NO4. The summed E-state index contributed by atoms with van der Waals surface area (Å²) in [5.41, 5.74) is 2.96. The molecule has 0 saturated heterocycles. The molecule has 3 aromatic rings. The van der Waals surface area contributed by atoms with Crippen molar-refractivity contribution >= 4 is 23.3 Å². The van der Waals surface area contributed by atoms with Crippen molar-refractivity contribution in [3.63, 3.8) is 0 Å². The van der Waals surface area contributed by atoms with E-state index in [1.165, 1.54) is 24.3 Å². The van der Waals surface area contributed by atoms with Crippen molar-refractivity contribution in [2.45, 2.75) is 32.5 Å². The second-order valence-corrected chi connectivity index (χ2v) is 8.36. The van der Waals surface area contributed by atoms with Crippen molar-refractivity contribution in [2.75, 3.05) is 4.90 Å². The lowest BCUT2D eigenvalue weighted by atomic mass is 9.87. The molecular weight excluding hydrogens is 435 g/mol. The molecule has 0 aliphatic heterocycles. The Morgan fingerprint density at radius 2 is 1.18 bits per heavy atom. The standard InChI is InChI=1S/C25H22F3NO4/c1-24(2,3)18-8-12-20(13-9-18)29(22(30)23(31)32)19-10-4-16(5-11-19)17-6-14-21(15-7-17)33-25(26,27)28/h4-15H,1-3H3,(H,31,32). The molecule has 0 aliphatic rings. The number of aliphatic carboxylic acids is 1. The molecule has 0 aliphatic carbocycles. The molecule has 0 aromatic heterocycles. The molecule has 0 atom stereocenters. The summed E-state index contributed by atoms with van der Waals surface area (Å²) < 4.78 is 40.9. The van der Waals surface area contributed by atoms with Crippen molar-refractivity contribution in [1.29, 1.82) is 0 Å². The normalized spacial score (nSPS) is 11.7. The molecule has 0 unspecified atom stereocenters. The van der Waals surface area contributed by atoms with E-state index in [0.29, 0.717) is 22.5 Å². The van der Waals surface area contributed by atoms with Crippen LogP contribution < -0.4 is 9.64 Å². The fraction of sp³-hybridized carbons (Fsp3) is 0.200. The average molecular weight is 457 g/mol. The van der Waals surface area contributed by atoms with Gasteiger partial charge in [0.1, 0.15) is 5.75 Å². The summed E-state index contributed by atoms with van der Waals surface area (Å²) in [6.45, 7) is 6.13. The van der Waals surface area contributed by atoms with E-state index in [1.54, 1.807) is 36.4 Å². The van der Waals surface area contributed by atoms with Crippen molar-refractivity contribution in [2.24, 2.45) is 0 Å². The van der Waals surface area contributed by atoms with E-state index in [9.17, 15) is 27.9 Å². The van der Waals surface area contributed by atoms with Crippen LogP contribution in [-0.4, -0.2) is 23.3 Å². The number of ether oxygens (including phenoxy) is 1. The van der Waals surface area contributed by atoms with Gasteiger partial charge in [-0.05, 0) is 58.5 Å². The van der Waals surface area contributed by atoms with Gasteiger partial charge in [0.15, 0.2) is 0 Å². The van der Waals surface area contributed by atoms with Crippen molar-refractivity contribution in [3.8, 4) is 16.9 Å². The molecule has 5 nitrogen and oxygen atoms in total. The van der Waals surface area contributed by atoms with Gasteiger partial charge in [-0.1, -0.05) is 57.2 Å². The third kappa shape index (κ3) is 5.91. The number of halogens is 3. The zero-order valence-corrected chi connectivity index (χ0v) is 18.2. The zero-order chi connectivity index (χ0) is 24.4. The maximum Gasteiger partial charge on any atom is 0.573 e. The van der Waals surface area contributed by atoms with E-state index in [1.807, 2.05) is 32.9 Å². The summed E-state index contributed by atoms with van der Waals surface area (Å²) in [5.74, 6) is -3.04. The van der Waals surface area contributed by atoms with E-state index in [0.717, 1.165) is 10.5 Å². The maximum atomic E-state index is 12.5. The first-order valence-corrected chi connectivity index (χ1v) is 9.99. The number of carbonyl (C=O) groups excluding carboxylic acids is 1. The highest BCUT2D eigenvalue weighted by molar-refractivity contribution is 6.39. The van der Waals surface area contributed by atoms with Gasteiger partial charge >= 0.3 is 18.2 Å². The van der Waals surface area contributed by atoms with E-state index < -0.39 is 18.2 Å². The number of benzene rings is 3. The molecule has 0 radical (unpaired) electrons. The number of carboxylic acids is 1. The first kappa shape index (κ1) is 23.8. The molecule has 0 fully saturated rings. The van der Waals surface area contributed by atoms with Crippen molar-refractivity contribution < 1.29 is 32.6 Å². The predicted octanol–water partition coefficient (Wildman–Crippen LogP) is 6.30. The van der Waals surface area contributed by atoms with E-state index >= 15 is 0 Å². The van der Waals surface area contributed by atoms with Gasteiger partial charge in [-0.2, -0.15) is 0 Å². The number of carbonyl (C=O) groups is 2. The Kier molecular flexibility index (Phi) is 6.48. The number of alkyl halides is 3. The minimum atomic E-state index is -4.77. The SMILES string of the molecule is CC(C)(C)c1ccc(N(C(=O)C(=O)O)c2ccc(-c3ccc(OC(F)(F)F)cc3)cc2)cc1. The monoisotopic (exact) mass is 457 g/mol. The number of hydrogen-bond acceptors (Lipinski definition) is 3.